The Kier molecular flexibility index (Phi) is 3.29. The number of alkyl halides is 1. The molecule has 2 fully saturated rings. The summed E-state index contributed by atoms with van der Waals surface area (Å²) in [5, 5.41) is 0. The summed E-state index contributed by atoms with van der Waals surface area (Å²) in [5.74, 6) is -0.650. The summed E-state index contributed by atoms with van der Waals surface area (Å²) in [5.41, 5.74) is 0.501. The molecule has 2 saturated heterocycles. The van der Waals surface area contributed by atoms with Crippen LogP contribution in [0.3, 0.4) is 0 Å². The summed E-state index contributed by atoms with van der Waals surface area (Å²) < 4.78 is 20.6. The molecular formula is C13H15IN4O4. The fourth-order valence-electron chi connectivity index (χ4n) is 3.06. The number of rotatable bonds is 2. The molecule has 0 amide bonds. The molecular weight excluding hydrogens is 403 g/mol. The summed E-state index contributed by atoms with van der Waals surface area (Å²) in [6.45, 7) is 3.78. The molecule has 4 rings (SSSR count). The summed E-state index contributed by atoms with van der Waals surface area (Å²) in [6.07, 6.45) is 2.05. The molecule has 0 radical (unpaired) electrons. The number of hydrogen-bond acceptors (Lipinski definition) is 6. The smallest absolute Gasteiger partial charge is 0.278 e. The van der Waals surface area contributed by atoms with E-state index in [1.807, 2.05) is 13.8 Å². The third kappa shape index (κ3) is 2.10. The first kappa shape index (κ1) is 14.5. The van der Waals surface area contributed by atoms with Gasteiger partial charge in [-0.15, -0.1) is 0 Å². The van der Waals surface area contributed by atoms with Crippen LogP contribution in [0, 0.1) is 0 Å². The molecule has 118 valence electrons. The zero-order valence-electron chi connectivity index (χ0n) is 12.0. The van der Waals surface area contributed by atoms with Gasteiger partial charge in [0.05, 0.1) is 18.8 Å². The van der Waals surface area contributed by atoms with Crippen molar-refractivity contribution in [2.75, 3.05) is 4.43 Å². The van der Waals surface area contributed by atoms with Crippen molar-refractivity contribution in [1.29, 1.82) is 0 Å². The molecule has 0 spiro atoms. The third-order valence-corrected chi connectivity index (χ3v) is 4.78. The Hall–Kier alpha value is -1.04. The van der Waals surface area contributed by atoms with E-state index in [4.69, 9.17) is 14.2 Å². The van der Waals surface area contributed by atoms with Crippen LogP contribution in [0.15, 0.2) is 17.4 Å². The number of hydrogen-bond donors (Lipinski definition) is 1. The van der Waals surface area contributed by atoms with Crippen molar-refractivity contribution in [3.63, 3.8) is 0 Å². The molecule has 2 aromatic heterocycles. The lowest BCUT2D eigenvalue weighted by Crippen LogP contribution is -2.30. The highest BCUT2D eigenvalue weighted by atomic mass is 127. The fourth-order valence-corrected chi connectivity index (χ4v) is 3.77. The van der Waals surface area contributed by atoms with E-state index in [1.165, 1.54) is 6.33 Å². The molecule has 22 heavy (non-hydrogen) atoms. The van der Waals surface area contributed by atoms with Gasteiger partial charge in [0.2, 0.25) is 0 Å². The number of fused-ring (bicyclic) bond motifs is 2. The molecule has 0 aliphatic carbocycles. The van der Waals surface area contributed by atoms with Crippen molar-refractivity contribution in [3.05, 3.63) is 23.0 Å². The SMILES string of the molecule is CC1(C)O[C@H]2[C@H](O1)[C@@H](n1cnc3c(=O)[nH]cnc31)O[C@H]2CI. The average Bonchev–Trinajstić information content (AvgIpc) is 3.10. The lowest BCUT2D eigenvalue weighted by Gasteiger charge is -2.24. The molecule has 0 unspecified atom stereocenters. The Bertz CT molecular complexity index is 773. The van der Waals surface area contributed by atoms with Gasteiger partial charge < -0.3 is 19.2 Å². The quantitative estimate of drug-likeness (QED) is 0.578. The highest BCUT2D eigenvalue weighted by molar-refractivity contribution is 14.1. The maximum Gasteiger partial charge on any atom is 0.278 e. The second-order valence-electron chi connectivity index (χ2n) is 5.84. The number of nitrogens with one attached hydrogen (secondary N) is 1. The van der Waals surface area contributed by atoms with Gasteiger partial charge in [-0.05, 0) is 13.8 Å². The van der Waals surface area contributed by atoms with E-state index in [2.05, 4.69) is 37.5 Å². The number of aromatic amines is 1. The molecule has 9 heteroatoms. The van der Waals surface area contributed by atoms with Crippen molar-refractivity contribution < 1.29 is 14.2 Å². The normalized spacial score (nSPS) is 33.4. The van der Waals surface area contributed by atoms with Crippen LogP contribution in [0.5, 0.6) is 0 Å². The number of nitrogens with zero attached hydrogens (tertiary/aromatic N) is 3. The van der Waals surface area contributed by atoms with Gasteiger partial charge in [0.25, 0.3) is 5.56 Å². The lowest BCUT2D eigenvalue weighted by molar-refractivity contribution is -0.193. The van der Waals surface area contributed by atoms with Gasteiger partial charge >= 0.3 is 0 Å². The van der Waals surface area contributed by atoms with Gasteiger partial charge in [-0.25, -0.2) is 9.97 Å². The first-order valence-corrected chi connectivity index (χ1v) is 8.50. The van der Waals surface area contributed by atoms with Crippen LogP contribution in [0.1, 0.15) is 20.1 Å². The van der Waals surface area contributed by atoms with E-state index in [0.717, 1.165) is 4.43 Å². The molecule has 8 nitrogen and oxygen atoms in total. The monoisotopic (exact) mass is 418 g/mol. The Labute approximate surface area is 139 Å². The van der Waals surface area contributed by atoms with Crippen molar-refractivity contribution in [2.24, 2.45) is 0 Å². The minimum atomic E-state index is -0.650. The standard InChI is InChI=1S/C13H15IN4O4/c1-13(2)21-8-6(3-14)20-12(9(8)22-13)18-5-17-7-10(18)15-4-16-11(7)19/h4-6,8-9,12H,3H2,1-2H3,(H,15,16,19)/t6-,8+,9-,12-/m0/s1. The third-order valence-electron chi connectivity index (χ3n) is 3.92. The van der Waals surface area contributed by atoms with E-state index in [1.54, 1.807) is 10.9 Å². The van der Waals surface area contributed by atoms with E-state index >= 15 is 0 Å². The Morgan fingerprint density at radius 1 is 1.36 bits per heavy atom. The number of aromatic nitrogens is 4. The van der Waals surface area contributed by atoms with Gasteiger partial charge in [-0.1, -0.05) is 22.6 Å². The summed E-state index contributed by atoms with van der Waals surface area (Å²) in [7, 11) is 0. The van der Waals surface area contributed by atoms with Crippen LogP contribution in [0.2, 0.25) is 0 Å². The molecule has 2 aliphatic heterocycles. The molecule has 4 heterocycles. The largest absolute Gasteiger partial charge is 0.348 e. The number of H-pyrrole nitrogens is 1. The van der Waals surface area contributed by atoms with Crippen molar-refractivity contribution in [1.82, 2.24) is 19.5 Å². The Balaban J connectivity index is 1.78. The van der Waals surface area contributed by atoms with Crippen molar-refractivity contribution in [3.8, 4) is 0 Å². The minimum Gasteiger partial charge on any atom is -0.348 e. The Morgan fingerprint density at radius 2 is 2.14 bits per heavy atom. The van der Waals surface area contributed by atoms with Crippen molar-refractivity contribution >= 4 is 33.8 Å². The number of imidazole rings is 1. The highest BCUT2D eigenvalue weighted by Crippen LogP contribution is 2.43. The fraction of sp³-hybridized carbons (Fsp3) is 0.615. The second-order valence-corrected chi connectivity index (χ2v) is 6.72. The molecule has 0 bridgehead atoms. The lowest BCUT2D eigenvalue weighted by atomic mass is 10.1. The van der Waals surface area contributed by atoms with Crippen LogP contribution in [-0.2, 0) is 14.2 Å². The minimum absolute atomic E-state index is 0.0724. The van der Waals surface area contributed by atoms with Crippen LogP contribution in [0.25, 0.3) is 11.2 Å². The molecule has 0 aromatic carbocycles. The molecule has 0 saturated carbocycles. The van der Waals surface area contributed by atoms with Gasteiger partial charge in [0.15, 0.2) is 23.2 Å². The topological polar surface area (TPSA) is 91.3 Å². The average molecular weight is 418 g/mol. The van der Waals surface area contributed by atoms with Crippen LogP contribution in [-0.4, -0.2) is 48.0 Å². The summed E-state index contributed by atoms with van der Waals surface area (Å²) in [6, 6.07) is 0. The van der Waals surface area contributed by atoms with E-state index < -0.39 is 12.0 Å². The van der Waals surface area contributed by atoms with Gasteiger partial charge in [0, 0.05) is 4.43 Å². The van der Waals surface area contributed by atoms with Crippen molar-refractivity contribution in [2.45, 2.75) is 44.2 Å². The molecule has 2 aromatic rings. The second kappa shape index (κ2) is 4.98. The zero-order chi connectivity index (χ0) is 15.5. The maximum absolute atomic E-state index is 11.8. The molecule has 4 atom stereocenters. The zero-order valence-corrected chi connectivity index (χ0v) is 14.2. The highest BCUT2D eigenvalue weighted by Gasteiger charge is 2.55. The molecule has 2 aliphatic rings. The first-order chi connectivity index (χ1) is 10.5. The van der Waals surface area contributed by atoms with E-state index in [0.29, 0.717) is 11.2 Å². The predicted molar refractivity (Wildman–Crippen MR) is 84.8 cm³/mol. The number of ether oxygens (including phenoxy) is 3. The van der Waals surface area contributed by atoms with Crippen LogP contribution < -0.4 is 5.56 Å². The van der Waals surface area contributed by atoms with Crippen LogP contribution >= 0.6 is 22.6 Å². The summed E-state index contributed by atoms with van der Waals surface area (Å²) >= 11 is 2.27. The summed E-state index contributed by atoms with van der Waals surface area (Å²) in [4.78, 5) is 22.7. The molecule has 1 N–H and O–H groups in total. The Morgan fingerprint density at radius 3 is 2.91 bits per heavy atom. The van der Waals surface area contributed by atoms with E-state index in [9.17, 15) is 4.79 Å². The predicted octanol–water partition coefficient (Wildman–Crippen LogP) is 0.972. The maximum atomic E-state index is 11.8. The first-order valence-electron chi connectivity index (χ1n) is 6.97. The van der Waals surface area contributed by atoms with Gasteiger partial charge in [0.1, 0.15) is 12.2 Å². The van der Waals surface area contributed by atoms with Gasteiger partial charge in [-0.3, -0.25) is 9.36 Å². The van der Waals surface area contributed by atoms with Crippen LogP contribution in [0.4, 0.5) is 0 Å². The number of halogens is 1. The van der Waals surface area contributed by atoms with Gasteiger partial charge in [-0.2, -0.15) is 0 Å². The van der Waals surface area contributed by atoms with E-state index in [-0.39, 0.29) is 23.9 Å².